The summed E-state index contributed by atoms with van der Waals surface area (Å²) in [4.78, 5) is 27.7. The van der Waals surface area contributed by atoms with Crippen LogP contribution in [0.2, 0.25) is 5.02 Å². The number of aryl methyl sites for hydroxylation is 1. The number of halogens is 1. The number of nitrogens with zero attached hydrogens (tertiary/aromatic N) is 1. The van der Waals surface area contributed by atoms with Gasteiger partial charge in [0.05, 0.1) is 16.2 Å². The van der Waals surface area contributed by atoms with Gasteiger partial charge in [0, 0.05) is 5.02 Å². The average Bonchev–Trinajstić information content (AvgIpc) is 2.80. The van der Waals surface area contributed by atoms with Crippen LogP contribution in [-0.4, -0.2) is 17.6 Å². The Bertz CT molecular complexity index is 846. The maximum Gasteiger partial charge on any atom is 0.272 e. The molecule has 2 aromatic carbocycles. The van der Waals surface area contributed by atoms with Gasteiger partial charge in [-0.2, -0.15) is 0 Å². The molecule has 0 fully saturated rings. The fraction of sp³-hybridized carbons (Fsp3) is 0.158. The second-order valence-corrected chi connectivity index (χ2v) is 7.09. The maximum absolute atomic E-state index is 13.0. The predicted molar refractivity (Wildman–Crippen MR) is 100 cm³/mol. The van der Waals surface area contributed by atoms with E-state index in [-0.39, 0.29) is 11.8 Å². The standard InChI is InChI=1S/C19H16ClNO2S/c1-3-24-17-16(13-7-5-4-6-8-13)18(22)21(19(17)23)15-10-9-14(20)11-12(15)2/h4-11H,3H2,1-2H3. The third kappa shape index (κ3) is 2.87. The lowest BCUT2D eigenvalue weighted by Gasteiger charge is -2.17. The van der Waals surface area contributed by atoms with E-state index in [1.165, 1.54) is 16.7 Å². The third-order valence-electron chi connectivity index (χ3n) is 3.79. The van der Waals surface area contributed by atoms with E-state index >= 15 is 0 Å². The summed E-state index contributed by atoms with van der Waals surface area (Å²) >= 11 is 7.40. The van der Waals surface area contributed by atoms with E-state index in [0.29, 0.717) is 21.2 Å². The first-order chi connectivity index (χ1) is 11.5. The molecule has 0 atom stereocenters. The molecule has 0 radical (unpaired) electrons. The molecule has 2 aromatic rings. The Labute approximate surface area is 150 Å². The molecule has 2 amide bonds. The van der Waals surface area contributed by atoms with E-state index in [9.17, 15) is 9.59 Å². The molecule has 24 heavy (non-hydrogen) atoms. The predicted octanol–water partition coefficient (Wildman–Crippen LogP) is 4.69. The van der Waals surface area contributed by atoms with Crippen molar-refractivity contribution >= 4 is 46.4 Å². The van der Waals surface area contributed by atoms with E-state index in [0.717, 1.165) is 16.9 Å². The second kappa shape index (κ2) is 6.83. The Balaban J connectivity index is 2.11. The summed E-state index contributed by atoms with van der Waals surface area (Å²) < 4.78 is 0. The fourth-order valence-electron chi connectivity index (χ4n) is 2.74. The van der Waals surface area contributed by atoms with E-state index in [1.54, 1.807) is 18.2 Å². The monoisotopic (exact) mass is 357 g/mol. The van der Waals surface area contributed by atoms with Crippen molar-refractivity contribution in [2.45, 2.75) is 13.8 Å². The van der Waals surface area contributed by atoms with Gasteiger partial charge >= 0.3 is 0 Å². The summed E-state index contributed by atoms with van der Waals surface area (Å²) in [6, 6.07) is 14.5. The van der Waals surface area contributed by atoms with Crippen molar-refractivity contribution < 1.29 is 9.59 Å². The van der Waals surface area contributed by atoms with Gasteiger partial charge in [0.2, 0.25) is 0 Å². The number of hydrogen-bond acceptors (Lipinski definition) is 3. The minimum absolute atomic E-state index is 0.267. The molecule has 3 nitrogen and oxygen atoms in total. The lowest BCUT2D eigenvalue weighted by molar-refractivity contribution is -0.119. The van der Waals surface area contributed by atoms with Crippen LogP contribution >= 0.6 is 23.4 Å². The van der Waals surface area contributed by atoms with Gasteiger partial charge in [0.1, 0.15) is 0 Å². The molecule has 0 saturated heterocycles. The van der Waals surface area contributed by atoms with Crippen LogP contribution in [0.25, 0.3) is 5.57 Å². The molecule has 1 aliphatic heterocycles. The molecule has 0 aliphatic carbocycles. The largest absolute Gasteiger partial charge is 0.272 e. The second-order valence-electron chi connectivity index (χ2n) is 5.38. The van der Waals surface area contributed by atoms with Gasteiger partial charge in [0.15, 0.2) is 0 Å². The van der Waals surface area contributed by atoms with E-state index in [2.05, 4.69) is 0 Å². The number of benzene rings is 2. The van der Waals surface area contributed by atoms with Crippen molar-refractivity contribution in [3.63, 3.8) is 0 Å². The molecule has 1 heterocycles. The van der Waals surface area contributed by atoms with Crippen LogP contribution in [0.5, 0.6) is 0 Å². The molecule has 1 aliphatic rings. The Morgan fingerprint density at radius 3 is 2.38 bits per heavy atom. The maximum atomic E-state index is 13.0. The number of carbonyl (C=O) groups excluding carboxylic acids is 2. The summed E-state index contributed by atoms with van der Waals surface area (Å²) in [6.45, 7) is 3.81. The molecule has 5 heteroatoms. The first kappa shape index (κ1) is 16.8. The van der Waals surface area contributed by atoms with Gasteiger partial charge in [-0.3, -0.25) is 9.59 Å². The first-order valence-electron chi connectivity index (χ1n) is 7.62. The van der Waals surface area contributed by atoms with Crippen LogP contribution in [-0.2, 0) is 9.59 Å². The Morgan fingerprint density at radius 2 is 1.75 bits per heavy atom. The van der Waals surface area contributed by atoms with Crippen molar-refractivity contribution in [1.82, 2.24) is 0 Å². The number of amides is 2. The molecule has 0 aromatic heterocycles. The molecule has 3 rings (SSSR count). The fourth-order valence-corrected chi connectivity index (χ4v) is 3.82. The highest BCUT2D eigenvalue weighted by Gasteiger charge is 2.40. The molecule has 0 N–H and O–H groups in total. The minimum atomic E-state index is -0.285. The van der Waals surface area contributed by atoms with Crippen LogP contribution in [0, 0.1) is 6.92 Å². The number of anilines is 1. The van der Waals surface area contributed by atoms with Gasteiger partial charge in [-0.1, -0.05) is 48.9 Å². The number of thioether (sulfide) groups is 1. The van der Waals surface area contributed by atoms with E-state index < -0.39 is 0 Å². The molecular formula is C19H16ClNO2S. The highest BCUT2D eigenvalue weighted by Crippen LogP contribution is 2.39. The van der Waals surface area contributed by atoms with Crippen LogP contribution in [0.3, 0.4) is 0 Å². The summed E-state index contributed by atoms with van der Waals surface area (Å²) in [5.41, 5.74) is 2.61. The minimum Gasteiger partial charge on any atom is -0.268 e. The average molecular weight is 358 g/mol. The highest BCUT2D eigenvalue weighted by atomic mass is 35.5. The number of carbonyl (C=O) groups is 2. The summed E-state index contributed by atoms with van der Waals surface area (Å²) in [5.74, 6) is 0.168. The number of imide groups is 1. The van der Waals surface area contributed by atoms with Gasteiger partial charge in [-0.25, -0.2) is 4.90 Å². The number of hydrogen-bond donors (Lipinski definition) is 0. The zero-order chi connectivity index (χ0) is 17.3. The van der Waals surface area contributed by atoms with Gasteiger partial charge < -0.3 is 0 Å². The summed E-state index contributed by atoms with van der Waals surface area (Å²) in [6.07, 6.45) is 0. The molecule has 0 unspecified atom stereocenters. The van der Waals surface area contributed by atoms with Crippen molar-refractivity contribution in [3.05, 3.63) is 69.6 Å². The molecule has 0 saturated carbocycles. The Morgan fingerprint density at radius 1 is 1.04 bits per heavy atom. The van der Waals surface area contributed by atoms with Crippen molar-refractivity contribution in [1.29, 1.82) is 0 Å². The van der Waals surface area contributed by atoms with Crippen LogP contribution in [0.4, 0.5) is 5.69 Å². The third-order valence-corrected chi connectivity index (χ3v) is 4.98. The van der Waals surface area contributed by atoms with Crippen molar-refractivity contribution in [3.8, 4) is 0 Å². The van der Waals surface area contributed by atoms with Crippen LogP contribution in [0.15, 0.2) is 53.4 Å². The lowest BCUT2D eigenvalue weighted by atomic mass is 10.1. The van der Waals surface area contributed by atoms with Crippen LogP contribution < -0.4 is 4.90 Å². The zero-order valence-corrected chi connectivity index (χ0v) is 14.9. The molecule has 0 bridgehead atoms. The van der Waals surface area contributed by atoms with Crippen molar-refractivity contribution in [2.24, 2.45) is 0 Å². The van der Waals surface area contributed by atoms with Gasteiger partial charge in [0.25, 0.3) is 11.8 Å². The number of rotatable bonds is 4. The van der Waals surface area contributed by atoms with Gasteiger partial charge in [-0.05, 0) is 42.0 Å². The normalized spacial score (nSPS) is 14.7. The zero-order valence-electron chi connectivity index (χ0n) is 13.4. The summed E-state index contributed by atoms with van der Waals surface area (Å²) in [7, 11) is 0. The molecule has 122 valence electrons. The quantitative estimate of drug-likeness (QED) is 0.745. The first-order valence-corrected chi connectivity index (χ1v) is 8.98. The topological polar surface area (TPSA) is 37.4 Å². The van der Waals surface area contributed by atoms with Gasteiger partial charge in [-0.15, -0.1) is 11.8 Å². The smallest absolute Gasteiger partial charge is 0.268 e. The Hall–Kier alpha value is -2.04. The lowest BCUT2D eigenvalue weighted by Crippen LogP contribution is -2.31. The molecule has 0 spiro atoms. The SMILES string of the molecule is CCSC1=C(c2ccccc2)C(=O)N(c2ccc(Cl)cc2C)C1=O. The molecular weight excluding hydrogens is 342 g/mol. The van der Waals surface area contributed by atoms with E-state index in [4.69, 9.17) is 11.6 Å². The highest BCUT2D eigenvalue weighted by molar-refractivity contribution is 8.04. The summed E-state index contributed by atoms with van der Waals surface area (Å²) in [5, 5.41) is 0.578. The Kier molecular flexibility index (Phi) is 4.78. The van der Waals surface area contributed by atoms with Crippen LogP contribution in [0.1, 0.15) is 18.1 Å². The van der Waals surface area contributed by atoms with Crippen molar-refractivity contribution in [2.75, 3.05) is 10.7 Å². The van der Waals surface area contributed by atoms with E-state index in [1.807, 2.05) is 44.2 Å².